The van der Waals surface area contributed by atoms with Crippen LogP contribution >= 0.6 is 0 Å². The summed E-state index contributed by atoms with van der Waals surface area (Å²) in [7, 11) is -3.26. The summed E-state index contributed by atoms with van der Waals surface area (Å²) >= 11 is 0. The molecule has 6 heteroatoms. The molecular formula is C25H22N2O3S. The Morgan fingerprint density at radius 2 is 1.55 bits per heavy atom. The Labute approximate surface area is 181 Å². The van der Waals surface area contributed by atoms with Crippen molar-refractivity contribution in [2.75, 3.05) is 6.26 Å². The standard InChI is InChI=1S/C25H22N2O3S/c1-17(18-12-14-20(15-13-18)31(2,29)30)26-25(28)22-16-24(19-8-4-3-5-9-19)27-23-11-7-6-10-21(22)23/h3-17H,1-2H3,(H,26,28). The first-order chi connectivity index (χ1) is 14.8. The molecule has 4 aromatic rings. The van der Waals surface area contributed by atoms with Gasteiger partial charge in [0.15, 0.2) is 9.84 Å². The molecule has 0 fully saturated rings. The lowest BCUT2D eigenvalue weighted by Crippen LogP contribution is -2.27. The molecule has 0 aliphatic carbocycles. The predicted molar refractivity (Wildman–Crippen MR) is 123 cm³/mol. The maximum atomic E-state index is 13.2. The predicted octanol–water partition coefficient (Wildman–Crippen LogP) is 4.80. The number of aromatic nitrogens is 1. The van der Waals surface area contributed by atoms with Gasteiger partial charge in [0.25, 0.3) is 5.91 Å². The summed E-state index contributed by atoms with van der Waals surface area (Å²) in [6, 6.07) is 25.4. The van der Waals surface area contributed by atoms with E-state index < -0.39 is 9.84 Å². The van der Waals surface area contributed by atoms with Crippen molar-refractivity contribution in [2.24, 2.45) is 0 Å². The van der Waals surface area contributed by atoms with E-state index >= 15 is 0 Å². The summed E-state index contributed by atoms with van der Waals surface area (Å²) in [4.78, 5) is 18.2. The molecule has 156 valence electrons. The van der Waals surface area contributed by atoms with Crippen LogP contribution in [0.3, 0.4) is 0 Å². The van der Waals surface area contributed by atoms with Crippen LogP contribution in [0, 0.1) is 0 Å². The SMILES string of the molecule is CC(NC(=O)c1cc(-c2ccccc2)nc2ccccc12)c1ccc(S(C)(=O)=O)cc1. The zero-order valence-electron chi connectivity index (χ0n) is 17.2. The maximum absolute atomic E-state index is 13.2. The van der Waals surface area contributed by atoms with Gasteiger partial charge in [-0.3, -0.25) is 4.79 Å². The molecular weight excluding hydrogens is 408 g/mol. The number of hydrogen-bond acceptors (Lipinski definition) is 4. The molecule has 0 aliphatic rings. The lowest BCUT2D eigenvalue weighted by molar-refractivity contribution is 0.0941. The average molecular weight is 431 g/mol. The van der Waals surface area contributed by atoms with Crippen LogP contribution in [0.5, 0.6) is 0 Å². The van der Waals surface area contributed by atoms with Crippen LogP contribution in [-0.2, 0) is 9.84 Å². The number of nitrogens with one attached hydrogen (secondary N) is 1. The fourth-order valence-electron chi connectivity index (χ4n) is 3.48. The number of carbonyl (C=O) groups excluding carboxylic acids is 1. The molecule has 0 saturated carbocycles. The van der Waals surface area contributed by atoms with Crippen LogP contribution in [0.15, 0.2) is 89.8 Å². The Kier molecular flexibility index (Phi) is 5.57. The highest BCUT2D eigenvalue weighted by Gasteiger charge is 2.17. The van der Waals surface area contributed by atoms with E-state index in [0.717, 1.165) is 27.7 Å². The second-order valence-corrected chi connectivity index (χ2v) is 9.49. The zero-order valence-corrected chi connectivity index (χ0v) is 18.1. The Balaban J connectivity index is 1.67. The van der Waals surface area contributed by atoms with E-state index in [4.69, 9.17) is 4.98 Å². The van der Waals surface area contributed by atoms with E-state index in [2.05, 4.69) is 5.32 Å². The van der Waals surface area contributed by atoms with Crippen molar-refractivity contribution in [1.82, 2.24) is 10.3 Å². The number of sulfone groups is 1. The van der Waals surface area contributed by atoms with Crippen LogP contribution < -0.4 is 5.32 Å². The quantitative estimate of drug-likeness (QED) is 0.494. The molecule has 1 atom stereocenters. The van der Waals surface area contributed by atoms with Gasteiger partial charge in [0.05, 0.1) is 27.7 Å². The second-order valence-electron chi connectivity index (χ2n) is 7.47. The van der Waals surface area contributed by atoms with Gasteiger partial charge in [0.2, 0.25) is 0 Å². The first kappa shape index (κ1) is 20.8. The minimum atomic E-state index is -3.26. The number of nitrogens with zero attached hydrogens (tertiary/aromatic N) is 1. The van der Waals surface area contributed by atoms with E-state index in [-0.39, 0.29) is 16.8 Å². The fraction of sp³-hybridized carbons (Fsp3) is 0.120. The van der Waals surface area contributed by atoms with Crippen molar-refractivity contribution in [1.29, 1.82) is 0 Å². The molecule has 1 amide bonds. The Morgan fingerprint density at radius 1 is 0.903 bits per heavy atom. The van der Waals surface area contributed by atoms with E-state index in [0.29, 0.717) is 5.56 Å². The summed E-state index contributed by atoms with van der Waals surface area (Å²) in [5.74, 6) is -0.213. The minimum Gasteiger partial charge on any atom is -0.345 e. The second kappa shape index (κ2) is 8.32. The Hall–Kier alpha value is -3.51. The van der Waals surface area contributed by atoms with Crippen LogP contribution in [0.2, 0.25) is 0 Å². The van der Waals surface area contributed by atoms with Gasteiger partial charge in [-0.05, 0) is 36.8 Å². The maximum Gasteiger partial charge on any atom is 0.252 e. The van der Waals surface area contributed by atoms with E-state index in [1.54, 1.807) is 24.3 Å². The Bertz CT molecular complexity index is 1350. The van der Waals surface area contributed by atoms with Crippen LogP contribution in [0.1, 0.15) is 28.9 Å². The van der Waals surface area contributed by atoms with Gasteiger partial charge >= 0.3 is 0 Å². The van der Waals surface area contributed by atoms with Gasteiger partial charge in [0.1, 0.15) is 0 Å². The van der Waals surface area contributed by atoms with Crippen molar-refractivity contribution >= 4 is 26.6 Å². The number of hydrogen-bond donors (Lipinski definition) is 1. The fourth-order valence-corrected chi connectivity index (χ4v) is 4.11. The summed E-state index contributed by atoms with van der Waals surface area (Å²) in [6.07, 6.45) is 1.17. The lowest BCUT2D eigenvalue weighted by Gasteiger charge is -2.16. The van der Waals surface area contributed by atoms with Crippen LogP contribution in [0.25, 0.3) is 22.2 Å². The molecule has 0 bridgehead atoms. The summed E-state index contributed by atoms with van der Waals surface area (Å²) < 4.78 is 23.3. The molecule has 1 unspecified atom stereocenters. The molecule has 0 aliphatic heterocycles. The molecule has 31 heavy (non-hydrogen) atoms. The van der Waals surface area contributed by atoms with Gasteiger partial charge in [-0.1, -0.05) is 60.7 Å². The molecule has 1 N–H and O–H groups in total. The monoisotopic (exact) mass is 430 g/mol. The zero-order chi connectivity index (χ0) is 22.0. The smallest absolute Gasteiger partial charge is 0.252 e. The third-order valence-electron chi connectivity index (χ3n) is 5.19. The van der Waals surface area contributed by atoms with Crippen molar-refractivity contribution in [2.45, 2.75) is 17.9 Å². The average Bonchev–Trinajstić information content (AvgIpc) is 2.78. The van der Waals surface area contributed by atoms with Crippen LogP contribution in [-0.4, -0.2) is 25.6 Å². The molecule has 0 saturated heterocycles. The number of pyridine rings is 1. The number of carbonyl (C=O) groups is 1. The highest BCUT2D eigenvalue weighted by molar-refractivity contribution is 7.90. The minimum absolute atomic E-state index is 0.213. The topological polar surface area (TPSA) is 76.1 Å². The molecule has 5 nitrogen and oxygen atoms in total. The summed E-state index contributed by atoms with van der Waals surface area (Å²) in [6.45, 7) is 1.87. The highest BCUT2D eigenvalue weighted by Crippen LogP contribution is 2.25. The van der Waals surface area contributed by atoms with Crippen molar-refractivity contribution < 1.29 is 13.2 Å². The number of benzene rings is 3. The van der Waals surface area contributed by atoms with Gasteiger partial charge in [0, 0.05) is 17.2 Å². The molecule has 0 radical (unpaired) electrons. The van der Waals surface area contributed by atoms with Gasteiger partial charge < -0.3 is 5.32 Å². The molecule has 0 spiro atoms. The number of fused-ring (bicyclic) bond motifs is 1. The van der Waals surface area contributed by atoms with E-state index in [1.165, 1.54) is 6.26 Å². The number of rotatable bonds is 5. The van der Waals surface area contributed by atoms with E-state index in [1.807, 2.05) is 67.6 Å². The lowest BCUT2D eigenvalue weighted by atomic mass is 10.0. The third-order valence-corrected chi connectivity index (χ3v) is 6.31. The van der Waals surface area contributed by atoms with Crippen molar-refractivity contribution in [3.8, 4) is 11.3 Å². The van der Waals surface area contributed by atoms with Gasteiger partial charge in [-0.15, -0.1) is 0 Å². The first-order valence-electron chi connectivity index (χ1n) is 9.89. The Morgan fingerprint density at radius 3 is 2.23 bits per heavy atom. The number of amides is 1. The summed E-state index contributed by atoms with van der Waals surface area (Å²) in [5, 5.41) is 3.80. The van der Waals surface area contributed by atoms with Gasteiger partial charge in [-0.2, -0.15) is 0 Å². The van der Waals surface area contributed by atoms with Crippen molar-refractivity contribution in [3.05, 3.63) is 96.1 Å². The highest BCUT2D eigenvalue weighted by atomic mass is 32.2. The summed E-state index contributed by atoms with van der Waals surface area (Å²) in [5.41, 5.74) is 3.78. The van der Waals surface area contributed by atoms with Gasteiger partial charge in [-0.25, -0.2) is 13.4 Å². The molecule has 1 heterocycles. The van der Waals surface area contributed by atoms with E-state index in [9.17, 15) is 13.2 Å². The molecule has 1 aromatic heterocycles. The first-order valence-corrected chi connectivity index (χ1v) is 11.8. The normalized spacial score (nSPS) is 12.5. The van der Waals surface area contributed by atoms with Crippen molar-refractivity contribution in [3.63, 3.8) is 0 Å². The molecule has 3 aromatic carbocycles. The molecule has 4 rings (SSSR count). The van der Waals surface area contributed by atoms with Crippen LogP contribution in [0.4, 0.5) is 0 Å². The largest absolute Gasteiger partial charge is 0.345 e. The number of para-hydroxylation sites is 1. The third kappa shape index (κ3) is 4.49.